The standard InChI is InChI=1S/C13H15ClN2/c1-9-5-4-8-16-11(9)12(14)15-13(16)10-6-2-3-7-10/h4-5,8,10H,2-3,6-7H2,1H3. The van der Waals surface area contributed by atoms with Crippen LogP contribution >= 0.6 is 11.6 Å². The molecule has 0 spiro atoms. The number of halogens is 1. The molecule has 84 valence electrons. The van der Waals surface area contributed by atoms with Gasteiger partial charge in [-0.15, -0.1) is 0 Å². The molecule has 0 unspecified atom stereocenters. The Hall–Kier alpha value is -1.02. The number of hydrogen-bond donors (Lipinski definition) is 0. The van der Waals surface area contributed by atoms with Crippen molar-refractivity contribution in [1.82, 2.24) is 9.38 Å². The van der Waals surface area contributed by atoms with Gasteiger partial charge in [0, 0.05) is 12.1 Å². The summed E-state index contributed by atoms with van der Waals surface area (Å²) in [5.74, 6) is 1.75. The highest BCUT2D eigenvalue weighted by Crippen LogP contribution is 2.35. The van der Waals surface area contributed by atoms with E-state index in [2.05, 4.69) is 34.6 Å². The molecule has 1 aliphatic carbocycles. The van der Waals surface area contributed by atoms with Gasteiger partial charge in [-0.25, -0.2) is 4.98 Å². The number of pyridine rings is 1. The van der Waals surface area contributed by atoms with E-state index in [4.69, 9.17) is 11.6 Å². The van der Waals surface area contributed by atoms with Crippen LogP contribution in [0, 0.1) is 6.92 Å². The third kappa shape index (κ3) is 1.44. The summed E-state index contributed by atoms with van der Waals surface area (Å²) >= 11 is 6.23. The largest absolute Gasteiger partial charge is 0.302 e. The minimum absolute atomic E-state index is 0.599. The molecule has 0 N–H and O–H groups in total. The maximum atomic E-state index is 6.23. The molecule has 1 saturated carbocycles. The first-order valence-electron chi connectivity index (χ1n) is 5.90. The molecule has 0 aromatic carbocycles. The third-order valence-electron chi connectivity index (χ3n) is 3.57. The van der Waals surface area contributed by atoms with Gasteiger partial charge in [0.25, 0.3) is 0 Å². The molecule has 0 bridgehead atoms. The van der Waals surface area contributed by atoms with Crippen molar-refractivity contribution in [2.45, 2.75) is 38.5 Å². The summed E-state index contributed by atoms with van der Waals surface area (Å²) in [4.78, 5) is 4.56. The minimum Gasteiger partial charge on any atom is -0.302 e. The average Bonchev–Trinajstić information content (AvgIpc) is 2.86. The first-order chi connectivity index (χ1) is 7.77. The Kier molecular flexibility index (Phi) is 2.40. The molecule has 2 heterocycles. The highest BCUT2D eigenvalue weighted by atomic mass is 35.5. The SMILES string of the molecule is Cc1cccn2c(C3CCCC3)nc(Cl)c12. The summed E-state index contributed by atoms with van der Waals surface area (Å²) in [6, 6.07) is 4.15. The lowest BCUT2D eigenvalue weighted by molar-refractivity contribution is 0.665. The predicted octanol–water partition coefficient (Wildman–Crippen LogP) is 3.95. The number of fused-ring (bicyclic) bond motifs is 1. The Balaban J connectivity index is 2.22. The van der Waals surface area contributed by atoms with Gasteiger partial charge in [0.15, 0.2) is 5.15 Å². The fourth-order valence-electron chi connectivity index (χ4n) is 2.75. The Morgan fingerprint density at radius 1 is 1.38 bits per heavy atom. The molecule has 0 aliphatic heterocycles. The summed E-state index contributed by atoms with van der Waals surface area (Å²) < 4.78 is 2.17. The zero-order chi connectivity index (χ0) is 11.1. The van der Waals surface area contributed by atoms with Crippen LogP contribution in [0.3, 0.4) is 0 Å². The average molecular weight is 235 g/mol. The summed E-state index contributed by atoms with van der Waals surface area (Å²) in [6.07, 6.45) is 7.23. The lowest BCUT2D eigenvalue weighted by atomic mass is 10.1. The molecular formula is C13H15ClN2. The fourth-order valence-corrected chi connectivity index (χ4v) is 3.08. The molecule has 16 heavy (non-hydrogen) atoms. The van der Waals surface area contributed by atoms with Crippen LogP contribution in [0.15, 0.2) is 18.3 Å². The van der Waals surface area contributed by atoms with Gasteiger partial charge in [-0.05, 0) is 31.4 Å². The molecule has 2 nitrogen and oxygen atoms in total. The lowest BCUT2D eigenvalue weighted by Gasteiger charge is -2.07. The van der Waals surface area contributed by atoms with Crippen LogP contribution < -0.4 is 0 Å². The van der Waals surface area contributed by atoms with Crippen LogP contribution in [0.1, 0.15) is 43.0 Å². The maximum absolute atomic E-state index is 6.23. The van der Waals surface area contributed by atoms with Crippen molar-refractivity contribution in [2.75, 3.05) is 0 Å². The van der Waals surface area contributed by atoms with Crippen LogP contribution in [0.5, 0.6) is 0 Å². The van der Waals surface area contributed by atoms with Crippen molar-refractivity contribution in [3.8, 4) is 0 Å². The van der Waals surface area contributed by atoms with E-state index >= 15 is 0 Å². The summed E-state index contributed by atoms with van der Waals surface area (Å²) in [5.41, 5.74) is 2.27. The summed E-state index contributed by atoms with van der Waals surface area (Å²) in [7, 11) is 0. The van der Waals surface area contributed by atoms with Gasteiger partial charge in [-0.3, -0.25) is 0 Å². The topological polar surface area (TPSA) is 17.3 Å². The van der Waals surface area contributed by atoms with Crippen LogP contribution in [0.4, 0.5) is 0 Å². The lowest BCUT2D eigenvalue weighted by Crippen LogP contribution is -2.00. The van der Waals surface area contributed by atoms with E-state index in [1.165, 1.54) is 31.2 Å². The number of imidazole rings is 1. The fraction of sp³-hybridized carbons (Fsp3) is 0.462. The maximum Gasteiger partial charge on any atom is 0.155 e. The van der Waals surface area contributed by atoms with E-state index in [-0.39, 0.29) is 0 Å². The predicted molar refractivity (Wildman–Crippen MR) is 66.1 cm³/mol. The zero-order valence-electron chi connectivity index (χ0n) is 9.41. The second-order valence-electron chi connectivity index (χ2n) is 4.65. The van der Waals surface area contributed by atoms with Crippen molar-refractivity contribution >= 4 is 17.1 Å². The molecule has 0 radical (unpaired) electrons. The first-order valence-corrected chi connectivity index (χ1v) is 6.28. The van der Waals surface area contributed by atoms with E-state index in [1.807, 2.05) is 0 Å². The first kappa shape index (κ1) is 10.2. The Labute approximate surface area is 100 Å². The third-order valence-corrected chi connectivity index (χ3v) is 3.83. The van der Waals surface area contributed by atoms with Gasteiger partial charge < -0.3 is 4.40 Å². The molecule has 0 saturated heterocycles. The molecule has 3 rings (SSSR count). The van der Waals surface area contributed by atoms with E-state index in [1.54, 1.807) is 0 Å². The zero-order valence-corrected chi connectivity index (χ0v) is 10.2. The van der Waals surface area contributed by atoms with Gasteiger partial charge in [0.05, 0.1) is 5.52 Å². The molecule has 1 aliphatic rings. The number of aryl methyl sites for hydroxylation is 1. The highest BCUT2D eigenvalue weighted by molar-refractivity contribution is 6.32. The number of nitrogens with zero attached hydrogens (tertiary/aromatic N) is 2. The van der Waals surface area contributed by atoms with Crippen LogP contribution in [0.25, 0.3) is 5.52 Å². The van der Waals surface area contributed by atoms with E-state index < -0.39 is 0 Å². The molecule has 2 aromatic heterocycles. The second kappa shape index (κ2) is 3.77. The van der Waals surface area contributed by atoms with Crippen molar-refractivity contribution < 1.29 is 0 Å². The number of rotatable bonds is 1. The molecule has 0 atom stereocenters. The highest BCUT2D eigenvalue weighted by Gasteiger charge is 2.23. The monoisotopic (exact) mass is 234 g/mol. The van der Waals surface area contributed by atoms with Gasteiger partial charge in [0.2, 0.25) is 0 Å². The van der Waals surface area contributed by atoms with E-state index in [0.29, 0.717) is 11.1 Å². The Bertz CT molecular complexity index is 524. The van der Waals surface area contributed by atoms with Crippen LogP contribution in [-0.2, 0) is 0 Å². The van der Waals surface area contributed by atoms with Gasteiger partial charge >= 0.3 is 0 Å². The summed E-state index contributed by atoms with van der Waals surface area (Å²) in [5, 5.41) is 0.653. The minimum atomic E-state index is 0.599. The van der Waals surface area contributed by atoms with Crippen LogP contribution in [0.2, 0.25) is 5.15 Å². The van der Waals surface area contributed by atoms with Gasteiger partial charge in [-0.2, -0.15) is 0 Å². The Morgan fingerprint density at radius 2 is 2.12 bits per heavy atom. The van der Waals surface area contributed by atoms with Crippen molar-refractivity contribution in [3.63, 3.8) is 0 Å². The smallest absolute Gasteiger partial charge is 0.155 e. The summed E-state index contributed by atoms with van der Waals surface area (Å²) in [6.45, 7) is 2.08. The van der Waals surface area contributed by atoms with E-state index in [0.717, 1.165) is 11.3 Å². The normalized spacial score (nSPS) is 17.4. The number of aromatic nitrogens is 2. The second-order valence-corrected chi connectivity index (χ2v) is 5.01. The van der Waals surface area contributed by atoms with E-state index in [9.17, 15) is 0 Å². The molecule has 1 fully saturated rings. The Morgan fingerprint density at radius 3 is 2.88 bits per heavy atom. The molecule has 0 amide bonds. The molecule has 2 aromatic rings. The van der Waals surface area contributed by atoms with Crippen molar-refractivity contribution in [1.29, 1.82) is 0 Å². The van der Waals surface area contributed by atoms with Gasteiger partial charge in [0.1, 0.15) is 5.82 Å². The molecule has 3 heteroatoms. The van der Waals surface area contributed by atoms with Gasteiger partial charge in [-0.1, -0.05) is 30.5 Å². The number of hydrogen-bond acceptors (Lipinski definition) is 1. The van der Waals surface area contributed by atoms with Crippen molar-refractivity contribution in [3.05, 3.63) is 34.9 Å². The molecular weight excluding hydrogens is 220 g/mol. The van der Waals surface area contributed by atoms with Crippen molar-refractivity contribution in [2.24, 2.45) is 0 Å². The quantitative estimate of drug-likeness (QED) is 0.730. The van der Waals surface area contributed by atoms with Crippen LogP contribution in [-0.4, -0.2) is 9.38 Å².